The van der Waals surface area contributed by atoms with Crippen molar-refractivity contribution < 1.29 is 0 Å². The van der Waals surface area contributed by atoms with Crippen LogP contribution in [0.3, 0.4) is 0 Å². The van der Waals surface area contributed by atoms with Gasteiger partial charge in [-0.1, -0.05) is 20.8 Å². The van der Waals surface area contributed by atoms with Gasteiger partial charge in [-0.25, -0.2) is 0 Å². The summed E-state index contributed by atoms with van der Waals surface area (Å²) < 4.78 is 0. The molecule has 0 radical (unpaired) electrons. The number of piperidine rings is 1. The molecule has 4 unspecified atom stereocenters. The van der Waals surface area contributed by atoms with Crippen LogP contribution in [-0.2, 0) is 0 Å². The van der Waals surface area contributed by atoms with E-state index < -0.39 is 0 Å². The van der Waals surface area contributed by atoms with Crippen LogP contribution in [0.2, 0.25) is 0 Å². The van der Waals surface area contributed by atoms with Crippen molar-refractivity contribution in [3.05, 3.63) is 0 Å². The highest BCUT2D eigenvalue weighted by molar-refractivity contribution is 4.96. The molecule has 0 saturated carbocycles. The number of nitrogens with one attached hydrogen (secondary N) is 1. The summed E-state index contributed by atoms with van der Waals surface area (Å²) in [5.74, 6) is 0.766. The first-order valence-electron chi connectivity index (χ1n) is 8.92. The van der Waals surface area contributed by atoms with Crippen LogP contribution in [-0.4, -0.2) is 60.1 Å². The van der Waals surface area contributed by atoms with E-state index >= 15 is 0 Å². The first kappa shape index (κ1) is 14.8. The fourth-order valence-corrected chi connectivity index (χ4v) is 4.68. The average Bonchev–Trinajstić information content (AvgIpc) is 2.93. The maximum Gasteiger partial charge on any atom is 0.0247 e. The molecule has 20 heavy (non-hydrogen) atoms. The molecule has 3 nitrogen and oxygen atoms in total. The summed E-state index contributed by atoms with van der Waals surface area (Å²) in [5, 5.41) is 3.76. The Morgan fingerprint density at radius 3 is 2.75 bits per heavy atom. The van der Waals surface area contributed by atoms with E-state index in [0.717, 1.165) is 24.0 Å². The number of rotatable bonds is 3. The zero-order chi connectivity index (χ0) is 14.1. The highest BCUT2D eigenvalue weighted by Gasteiger charge is 2.39. The predicted octanol–water partition coefficient (Wildman–Crippen LogP) is 2.32. The van der Waals surface area contributed by atoms with E-state index in [2.05, 4.69) is 35.9 Å². The topological polar surface area (TPSA) is 18.5 Å². The second kappa shape index (κ2) is 6.33. The summed E-state index contributed by atoms with van der Waals surface area (Å²) >= 11 is 0. The quantitative estimate of drug-likeness (QED) is 0.855. The van der Waals surface area contributed by atoms with Crippen molar-refractivity contribution in [1.29, 1.82) is 0 Å². The van der Waals surface area contributed by atoms with E-state index in [1.165, 1.54) is 58.3 Å². The van der Waals surface area contributed by atoms with Crippen LogP contribution < -0.4 is 5.32 Å². The maximum atomic E-state index is 3.76. The van der Waals surface area contributed by atoms with Crippen molar-refractivity contribution in [3.8, 4) is 0 Å². The Morgan fingerprint density at radius 2 is 2.00 bits per heavy atom. The van der Waals surface area contributed by atoms with Gasteiger partial charge in [0.05, 0.1) is 0 Å². The SMILES string of the molecule is CCC1CN(C2CCN3CCCC3C2)C(C(C)C)CN1. The van der Waals surface area contributed by atoms with E-state index in [1.807, 2.05) is 0 Å². The van der Waals surface area contributed by atoms with Crippen LogP contribution in [0, 0.1) is 5.92 Å². The first-order chi connectivity index (χ1) is 9.69. The van der Waals surface area contributed by atoms with Crippen molar-refractivity contribution in [1.82, 2.24) is 15.1 Å². The molecular weight excluding hydrogens is 246 g/mol. The molecular formula is C17H33N3. The Labute approximate surface area is 125 Å². The van der Waals surface area contributed by atoms with Crippen LogP contribution in [0.5, 0.6) is 0 Å². The van der Waals surface area contributed by atoms with E-state index in [9.17, 15) is 0 Å². The van der Waals surface area contributed by atoms with Crippen LogP contribution >= 0.6 is 0 Å². The van der Waals surface area contributed by atoms with Gasteiger partial charge in [0.2, 0.25) is 0 Å². The van der Waals surface area contributed by atoms with Crippen molar-refractivity contribution in [2.75, 3.05) is 26.2 Å². The molecule has 1 N–H and O–H groups in total. The summed E-state index contributed by atoms with van der Waals surface area (Å²) in [7, 11) is 0. The third-order valence-electron chi connectivity index (χ3n) is 6.00. The number of fused-ring (bicyclic) bond motifs is 1. The van der Waals surface area contributed by atoms with E-state index in [4.69, 9.17) is 0 Å². The van der Waals surface area contributed by atoms with Crippen LogP contribution in [0.15, 0.2) is 0 Å². The fraction of sp³-hybridized carbons (Fsp3) is 1.00. The highest BCUT2D eigenvalue weighted by atomic mass is 15.3. The summed E-state index contributed by atoms with van der Waals surface area (Å²) in [4.78, 5) is 5.64. The summed E-state index contributed by atoms with van der Waals surface area (Å²) in [5.41, 5.74) is 0. The molecule has 116 valence electrons. The largest absolute Gasteiger partial charge is 0.311 e. The number of piperazine rings is 1. The number of hydrogen-bond donors (Lipinski definition) is 1. The van der Waals surface area contributed by atoms with Gasteiger partial charge in [-0.3, -0.25) is 4.90 Å². The number of nitrogens with zero attached hydrogens (tertiary/aromatic N) is 2. The van der Waals surface area contributed by atoms with Gasteiger partial charge >= 0.3 is 0 Å². The lowest BCUT2D eigenvalue weighted by Gasteiger charge is -2.49. The van der Waals surface area contributed by atoms with Gasteiger partial charge in [0, 0.05) is 37.3 Å². The molecule has 3 heteroatoms. The molecule has 0 amide bonds. The van der Waals surface area contributed by atoms with Crippen molar-refractivity contribution in [2.45, 2.75) is 77.0 Å². The molecule has 0 aromatic carbocycles. The van der Waals surface area contributed by atoms with Crippen LogP contribution in [0.1, 0.15) is 52.9 Å². The Balaban J connectivity index is 1.68. The smallest absolute Gasteiger partial charge is 0.0247 e. The summed E-state index contributed by atoms with van der Waals surface area (Å²) in [6, 6.07) is 3.21. The predicted molar refractivity (Wildman–Crippen MR) is 85.0 cm³/mol. The van der Waals surface area contributed by atoms with Gasteiger partial charge in [-0.15, -0.1) is 0 Å². The van der Waals surface area contributed by atoms with Crippen molar-refractivity contribution in [2.24, 2.45) is 5.92 Å². The minimum absolute atomic E-state index is 0.714. The van der Waals surface area contributed by atoms with Crippen molar-refractivity contribution >= 4 is 0 Å². The first-order valence-corrected chi connectivity index (χ1v) is 8.92. The lowest BCUT2D eigenvalue weighted by molar-refractivity contribution is 0.0137. The standard InChI is InChI=1S/C17H33N3/c1-4-14-12-20(17(11-18-14)13(2)3)16-7-9-19-8-5-6-15(19)10-16/h13-18H,4-12H2,1-3H3. The van der Waals surface area contributed by atoms with Gasteiger partial charge < -0.3 is 10.2 Å². The lowest BCUT2D eigenvalue weighted by atomic mass is 9.90. The van der Waals surface area contributed by atoms with Crippen molar-refractivity contribution in [3.63, 3.8) is 0 Å². The fourth-order valence-electron chi connectivity index (χ4n) is 4.68. The van der Waals surface area contributed by atoms with E-state index in [0.29, 0.717) is 6.04 Å². The normalized spacial score (nSPS) is 40.2. The molecule has 3 aliphatic rings. The van der Waals surface area contributed by atoms with Crippen LogP contribution in [0.25, 0.3) is 0 Å². The molecule has 0 spiro atoms. The van der Waals surface area contributed by atoms with Gasteiger partial charge in [-0.05, 0) is 51.1 Å². The molecule has 3 rings (SSSR count). The number of hydrogen-bond acceptors (Lipinski definition) is 3. The molecule has 3 fully saturated rings. The molecule has 4 atom stereocenters. The molecule has 0 aliphatic carbocycles. The minimum atomic E-state index is 0.714. The molecule has 3 saturated heterocycles. The highest BCUT2D eigenvalue weighted by Crippen LogP contribution is 2.32. The van der Waals surface area contributed by atoms with Gasteiger partial charge in [0.15, 0.2) is 0 Å². The Hall–Kier alpha value is -0.120. The van der Waals surface area contributed by atoms with Gasteiger partial charge in [0.25, 0.3) is 0 Å². The summed E-state index contributed by atoms with van der Waals surface area (Å²) in [6.45, 7) is 12.3. The maximum absolute atomic E-state index is 3.76. The van der Waals surface area contributed by atoms with E-state index in [-0.39, 0.29) is 0 Å². The molecule has 0 bridgehead atoms. The third-order valence-corrected chi connectivity index (χ3v) is 6.00. The zero-order valence-corrected chi connectivity index (χ0v) is 13.6. The Morgan fingerprint density at radius 1 is 1.15 bits per heavy atom. The zero-order valence-electron chi connectivity index (χ0n) is 13.6. The average molecular weight is 279 g/mol. The molecule has 3 aliphatic heterocycles. The lowest BCUT2D eigenvalue weighted by Crippen LogP contribution is -2.62. The Bertz CT molecular complexity index is 317. The second-order valence-electron chi connectivity index (χ2n) is 7.53. The van der Waals surface area contributed by atoms with Gasteiger partial charge in [-0.2, -0.15) is 0 Å². The molecule has 0 aromatic rings. The molecule has 3 heterocycles. The molecule has 0 aromatic heterocycles. The monoisotopic (exact) mass is 279 g/mol. The third kappa shape index (κ3) is 2.90. The minimum Gasteiger partial charge on any atom is -0.311 e. The van der Waals surface area contributed by atoms with Gasteiger partial charge in [0.1, 0.15) is 0 Å². The second-order valence-corrected chi connectivity index (χ2v) is 7.53. The summed E-state index contributed by atoms with van der Waals surface area (Å²) in [6.07, 6.45) is 6.98. The van der Waals surface area contributed by atoms with E-state index in [1.54, 1.807) is 0 Å². The van der Waals surface area contributed by atoms with Crippen LogP contribution in [0.4, 0.5) is 0 Å². The Kier molecular flexibility index (Phi) is 4.68.